The number of esters is 1. The van der Waals surface area contributed by atoms with E-state index in [1.807, 2.05) is 27.7 Å². The highest BCUT2D eigenvalue weighted by molar-refractivity contribution is 5.78. The molecule has 0 aromatic carbocycles. The van der Waals surface area contributed by atoms with Crippen LogP contribution in [0.15, 0.2) is 0 Å². The highest BCUT2D eigenvalue weighted by Gasteiger charge is 2.45. The summed E-state index contributed by atoms with van der Waals surface area (Å²) in [6.07, 6.45) is 2.80. The van der Waals surface area contributed by atoms with Crippen molar-refractivity contribution in [1.82, 2.24) is 0 Å². The summed E-state index contributed by atoms with van der Waals surface area (Å²) in [6.45, 7) is 7.57. The number of carbonyl (C=O) groups is 1. The molecule has 82 valence electrons. The first-order chi connectivity index (χ1) is 6.26. The van der Waals surface area contributed by atoms with Crippen LogP contribution in [-0.2, 0) is 9.53 Å². The zero-order valence-electron chi connectivity index (χ0n) is 9.59. The van der Waals surface area contributed by atoms with Gasteiger partial charge in [-0.15, -0.1) is 0 Å². The monoisotopic (exact) mass is 199 g/mol. The van der Waals surface area contributed by atoms with Crippen molar-refractivity contribution in [2.24, 2.45) is 11.1 Å². The van der Waals surface area contributed by atoms with Gasteiger partial charge in [-0.05, 0) is 40.5 Å². The minimum Gasteiger partial charge on any atom is -0.460 e. The van der Waals surface area contributed by atoms with Crippen LogP contribution in [0.2, 0.25) is 0 Å². The van der Waals surface area contributed by atoms with Gasteiger partial charge < -0.3 is 10.5 Å². The Balaban J connectivity index is 2.68. The summed E-state index contributed by atoms with van der Waals surface area (Å²) in [5.74, 6) is -0.144. The predicted molar refractivity (Wildman–Crippen MR) is 55.8 cm³/mol. The second-order valence-electron chi connectivity index (χ2n) is 5.42. The number of hydrogen-bond donors (Lipinski definition) is 1. The number of carbonyl (C=O) groups excluding carboxylic acids is 1. The van der Waals surface area contributed by atoms with E-state index in [0.717, 1.165) is 19.3 Å². The van der Waals surface area contributed by atoms with Crippen molar-refractivity contribution in [3.8, 4) is 0 Å². The summed E-state index contributed by atoms with van der Waals surface area (Å²) < 4.78 is 5.38. The van der Waals surface area contributed by atoms with Gasteiger partial charge in [0.2, 0.25) is 0 Å². The lowest BCUT2D eigenvalue weighted by Crippen LogP contribution is -2.44. The van der Waals surface area contributed by atoms with Crippen LogP contribution in [0.4, 0.5) is 0 Å². The first-order valence-electron chi connectivity index (χ1n) is 5.25. The molecule has 1 aliphatic rings. The quantitative estimate of drug-likeness (QED) is 0.656. The Morgan fingerprint density at radius 2 is 2.07 bits per heavy atom. The Morgan fingerprint density at radius 1 is 1.50 bits per heavy atom. The molecule has 0 heterocycles. The number of rotatable bonds is 1. The van der Waals surface area contributed by atoms with E-state index in [4.69, 9.17) is 10.5 Å². The maximum atomic E-state index is 11.9. The molecule has 1 rings (SSSR count). The van der Waals surface area contributed by atoms with Crippen LogP contribution in [0.25, 0.3) is 0 Å². The number of ether oxygens (including phenoxy) is 1. The molecule has 0 radical (unpaired) electrons. The Bertz CT molecular complexity index is 232. The fourth-order valence-electron chi connectivity index (χ4n) is 1.84. The van der Waals surface area contributed by atoms with Crippen LogP contribution in [0.5, 0.6) is 0 Å². The summed E-state index contributed by atoms with van der Waals surface area (Å²) in [5, 5.41) is 0. The molecule has 0 aromatic heterocycles. The summed E-state index contributed by atoms with van der Waals surface area (Å²) in [4.78, 5) is 11.9. The van der Waals surface area contributed by atoms with E-state index in [-0.39, 0.29) is 12.0 Å². The fourth-order valence-corrected chi connectivity index (χ4v) is 1.84. The normalized spacial score (nSPS) is 33.1. The van der Waals surface area contributed by atoms with Crippen molar-refractivity contribution in [2.75, 3.05) is 0 Å². The van der Waals surface area contributed by atoms with Crippen LogP contribution >= 0.6 is 0 Å². The largest absolute Gasteiger partial charge is 0.460 e. The summed E-state index contributed by atoms with van der Waals surface area (Å²) in [7, 11) is 0. The standard InChI is InChI=1S/C11H21NO2/c1-10(2,3)14-9(13)11(4)7-5-6-8(11)12/h8H,5-7,12H2,1-4H3. The van der Waals surface area contributed by atoms with Gasteiger partial charge in [0.1, 0.15) is 5.60 Å². The summed E-state index contributed by atoms with van der Waals surface area (Å²) in [6, 6.07) is -0.0441. The van der Waals surface area contributed by atoms with E-state index in [9.17, 15) is 4.79 Å². The van der Waals surface area contributed by atoms with E-state index in [0.29, 0.717) is 0 Å². The van der Waals surface area contributed by atoms with Gasteiger partial charge in [0, 0.05) is 6.04 Å². The molecule has 0 spiro atoms. The Hall–Kier alpha value is -0.570. The zero-order valence-corrected chi connectivity index (χ0v) is 9.59. The average Bonchev–Trinajstić information content (AvgIpc) is 2.30. The van der Waals surface area contributed by atoms with Gasteiger partial charge in [0.05, 0.1) is 5.41 Å². The lowest BCUT2D eigenvalue weighted by Gasteiger charge is -2.30. The molecule has 1 saturated carbocycles. The predicted octanol–water partition coefficient (Wildman–Crippen LogP) is 1.85. The molecule has 1 fully saturated rings. The van der Waals surface area contributed by atoms with Crippen LogP contribution < -0.4 is 5.73 Å². The molecule has 0 aromatic rings. The minimum atomic E-state index is -0.465. The van der Waals surface area contributed by atoms with Crippen LogP contribution in [0.1, 0.15) is 47.0 Å². The fraction of sp³-hybridized carbons (Fsp3) is 0.909. The molecule has 1 aliphatic carbocycles. The van der Waals surface area contributed by atoms with Crippen molar-refractivity contribution in [2.45, 2.75) is 58.6 Å². The highest BCUT2D eigenvalue weighted by Crippen LogP contribution is 2.38. The third-order valence-electron chi connectivity index (χ3n) is 2.89. The minimum absolute atomic E-state index is 0.0441. The van der Waals surface area contributed by atoms with Crippen molar-refractivity contribution < 1.29 is 9.53 Å². The van der Waals surface area contributed by atoms with Gasteiger partial charge in [-0.2, -0.15) is 0 Å². The van der Waals surface area contributed by atoms with E-state index in [1.165, 1.54) is 0 Å². The molecular formula is C11H21NO2. The molecule has 2 unspecified atom stereocenters. The Morgan fingerprint density at radius 3 is 2.43 bits per heavy atom. The average molecular weight is 199 g/mol. The lowest BCUT2D eigenvalue weighted by atomic mass is 9.85. The first kappa shape index (κ1) is 11.5. The molecule has 0 aliphatic heterocycles. The molecule has 0 amide bonds. The van der Waals surface area contributed by atoms with Gasteiger partial charge in [0.15, 0.2) is 0 Å². The Labute approximate surface area is 86.0 Å². The van der Waals surface area contributed by atoms with Crippen LogP contribution in [0, 0.1) is 5.41 Å². The van der Waals surface area contributed by atoms with Crippen molar-refractivity contribution in [3.63, 3.8) is 0 Å². The second-order valence-corrected chi connectivity index (χ2v) is 5.42. The molecule has 2 atom stereocenters. The number of hydrogen-bond acceptors (Lipinski definition) is 3. The Kier molecular flexibility index (Phi) is 2.91. The molecule has 3 nitrogen and oxygen atoms in total. The van der Waals surface area contributed by atoms with Crippen molar-refractivity contribution >= 4 is 5.97 Å². The molecule has 14 heavy (non-hydrogen) atoms. The second kappa shape index (κ2) is 3.54. The molecule has 0 bridgehead atoms. The molecular weight excluding hydrogens is 178 g/mol. The highest BCUT2D eigenvalue weighted by atomic mass is 16.6. The van der Waals surface area contributed by atoms with Gasteiger partial charge in [-0.3, -0.25) is 4.79 Å². The van der Waals surface area contributed by atoms with Crippen molar-refractivity contribution in [1.29, 1.82) is 0 Å². The summed E-state index contributed by atoms with van der Waals surface area (Å²) in [5.41, 5.74) is 5.05. The van der Waals surface area contributed by atoms with Crippen LogP contribution in [-0.4, -0.2) is 17.6 Å². The van der Waals surface area contributed by atoms with E-state index >= 15 is 0 Å². The zero-order chi connectivity index (χ0) is 11.0. The lowest BCUT2D eigenvalue weighted by molar-refractivity contribution is -0.167. The topological polar surface area (TPSA) is 52.3 Å². The van der Waals surface area contributed by atoms with Gasteiger partial charge in [-0.25, -0.2) is 0 Å². The number of nitrogens with two attached hydrogens (primary N) is 1. The first-order valence-corrected chi connectivity index (χ1v) is 5.25. The SMILES string of the molecule is CC(C)(C)OC(=O)C1(C)CCCC1N. The summed E-state index contributed by atoms with van der Waals surface area (Å²) >= 11 is 0. The van der Waals surface area contributed by atoms with E-state index in [2.05, 4.69) is 0 Å². The van der Waals surface area contributed by atoms with E-state index in [1.54, 1.807) is 0 Å². The maximum absolute atomic E-state index is 11.9. The van der Waals surface area contributed by atoms with Gasteiger partial charge in [0.25, 0.3) is 0 Å². The third-order valence-corrected chi connectivity index (χ3v) is 2.89. The van der Waals surface area contributed by atoms with Crippen LogP contribution in [0.3, 0.4) is 0 Å². The maximum Gasteiger partial charge on any atom is 0.313 e. The third kappa shape index (κ3) is 2.27. The smallest absolute Gasteiger partial charge is 0.313 e. The molecule has 2 N–H and O–H groups in total. The van der Waals surface area contributed by atoms with Gasteiger partial charge >= 0.3 is 5.97 Å². The van der Waals surface area contributed by atoms with Gasteiger partial charge in [-0.1, -0.05) is 6.42 Å². The molecule has 3 heteroatoms. The van der Waals surface area contributed by atoms with Crippen molar-refractivity contribution in [3.05, 3.63) is 0 Å². The molecule has 0 saturated heterocycles. The van der Waals surface area contributed by atoms with E-state index < -0.39 is 11.0 Å².